The molecule has 0 unspecified atom stereocenters. The molecule has 2 aromatic heterocycles. The van der Waals surface area contributed by atoms with E-state index < -0.39 is 0 Å². The normalized spacial score (nSPS) is 11.0. The van der Waals surface area contributed by atoms with Gasteiger partial charge in [0, 0.05) is 13.2 Å². The van der Waals surface area contributed by atoms with E-state index in [9.17, 15) is 4.79 Å². The third-order valence-corrected chi connectivity index (χ3v) is 2.80. The van der Waals surface area contributed by atoms with Crippen molar-refractivity contribution < 1.29 is 0 Å². The Labute approximate surface area is 88.1 Å². The number of hydrogen-bond donors (Lipinski definition) is 1. The molecule has 0 fully saturated rings. The topological polar surface area (TPSA) is 50.7 Å². The van der Waals surface area contributed by atoms with Gasteiger partial charge in [-0.15, -0.1) is 0 Å². The van der Waals surface area contributed by atoms with Crippen molar-refractivity contribution in [1.82, 2.24) is 14.8 Å². The summed E-state index contributed by atoms with van der Waals surface area (Å²) in [5, 5.41) is 4.86. The lowest BCUT2D eigenvalue weighted by atomic mass is 10.3. The highest BCUT2D eigenvalue weighted by Gasteiger charge is 2.10. The fourth-order valence-corrected chi connectivity index (χ4v) is 1.84. The second kappa shape index (κ2) is 2.83. The zero-order valence-corrected chi connectivity index (χ0v) is 9.42. The van der Waals surface area contributed by atoms with Crippen LogP contribution in [-0.4, -0.2) is 14.8 Å². The molecule has 0 saturated heterocycles. The lowest BCUT2D eigenvalue weighted by molar-refractivity contribution is 0.773. The van der Waals surface area contributed by atoms with Gasteiger partial charge in [0.15, 0.2) is 0 Å². The van der Waals surface area contributed by atoms with Crippen LogP contribution in [0.15, 0.2) is 11.0 Å². The van der Waals surface area contributed by atoms with Crippen molar-refractivity contribution >= 4 is 33.6 Å². The number of nitrogens with one attached hydrogen (secondary N) is 1. The van der Waals surface area contributed by atoms with E-state index in [1.54, 1.807) is 10.9 Å². The highest BCUT2D eigenvalue weighted by molar-refractivity contribution is 14.1. The van der Waals surface area contributed by atoms with Crippen LogP contribution in [0.5, 0.6) is 0 Å². The van der Waals surface area contributed by atoms with Crippen LogP contribution in [0.3, 0.4) is 0 Å². The van der Waals surface area contributed by atoms with Crippen LogP contribution >= 0.6 is 22.6 Å². The van der Waals surface area contributed by atoms with E-state index in [1.165, 1.54) is 0 Å². The molecular formula is C8H8IN3O. The number of halogens is 1. The van der Waals surface area contributed by atoms with E-state index in [-0.39, 0.29) is 5.43 Å². The standard InChI is InChI=1S/C8H8IN3O/c1-4-6-7(13)5(9)3-10-8(6)12(2)11-4/h3H,1-2H3,(H,10,13). The monoisotopic (exact) mass is 289 g/mol. The quantitative estimate of drug-likeness (QED) is 0.740. The van der Waals surface area contributed by atoms with Gasteiger partial charge >= 0.3 is 0 Å². The second-order valence-corrected chi connectivity index (χ2v) is 4.06. The van der Waals surface area contributed by atoms with Crippen molar-refractivity contribution in [2.24, 2.45) is 7.05 Å². The molecule has 2 heterocycles. The van der Waals surface area contributed by atoms with Gasteiger partial charge in [-0.05, 0) is 29.5 Å². The molecule has 4 nitrogen and oxygen atoms in total. The van der Waals surface area contributed by atoms with Crippen molar-refractivity contribution in [3.8, 4) is 0 Å². The molecule has 0 amide bonds. The summed E-state index contributed by atoms with van der Waals surface area (Å²) in [6.07, 6.45) is 1.70. The number of rotatable bonds is 0. The van der Waals surface area contributed by atoms with Crippen LogP contribution in [0.1, 0.15) is 5.69 Å². The average molecular weight is 289 g/mol. The van der Waals surface area contributed by atoms with E-state index in [1.807, 2.05) is 36.6 Å². The molecule has 0 aliphatic heterocycles. The van der Waals surface area contributed by atoms with Crippen LogP contribution in [0.2, 0.25) is 0 Å². The second-order valence-electron chi connectivity index (χ2n) is 2.90. The van der Waals surface area contributed by atoms with Crippen LogP contribution in [0, 0.1) is 10.5 Å². The van der Waals surface area contributed by atoms with Crippen LogP contribution in [0.4, 0.5) is 0 Å². The Morgan fingerprint density at radius 1 is 1.62 bits per heavy atom. The SMILES string of the molecule is Cc1nn(C)c2[nH]cc(I)c(=O)c12. The summed E-state index contributed by atoms with van der Waals surface area (Å²) < 4.78 is 2.38. The molecule has 5 heteroatoms. The van der Waals surface area contributed by atoms with Gasteiger partial charge in [-0.25, -0.2) is 0 Å². The molecular weight excluding hydrogens is 281 g/mol. The van der Waals surface area contributed by atoms with Gasteiger partial charge in [0.2, 0.25) is 5.43 Å². The number of aromatic nitrogens is 3. The summed E-state index contributed by atoms with van der Waals surface area (Å²) in [7, 11) is 1.82. The van der Waals surface area contributed by atoms with Crippen LogP contribution in [-0.2, 0) is 7.05 Å². The first-order valence-electron chi connectivity index (χ1n) is 3.81. The molecule has 0 radical (unpaired) electrons. The summed E-state index contributed by atoms with van der Waals surface area (Å²) in [5.41, 5.74) is 1.61. The first kappa shape index (κ1) is 8.74. The van der Waals surface area contributed by atoms with E-state index in [2.05, 4.69) is 10.1 Å². The highest BCUT2D eigenvalue weighted by Crippen LogP contribution is 2.11. The van der Waals surface area contributed by atoms with Gasteiger partial charge in [0.1, 0.15) is 5.65 Å². The van der Waals surface area contributed by atoms with Gasteiger partial charge in [0.25, 0.3) is 0 Å². The van der Waals surface area contributed by atoms with E-state index in [4.69, 9.17) is 0 Å². The Balaban J connectivity index is 3.08. The Morgan fingerprint density at radius 2 is 2.31 bits per heavy atom. The van der Waals surface area contributed by atoms with Crippen molar-refractivity contribution in [3.05, 3.63) is 25.7 Å². The number of aromatic amines is 1. The third-order valence-electron chi connectivity index (χ3n) is 2.00. The van der Waals surface area contributed by atoms with E-state index >= 15 is 0 Å². The van der Waals surface area contributed by atoms with Crippen LogP contribution < -0.4 is 5.43 Å². The molecule has 2 aromatic rings. The molecule has 0 spiro atoms. The predicted octanol–water partition coefficient (Wildman–Crippen LogP) is 1.17. The number of hydrogen-bond acceptors (Lipinski definition) is 2. The number of pyridine rings is 1. The zero-order chi connectivity index (χ0) is 9.59. The molecule has 0 saturated carbocycles. The Bertz CT molecular complexity index is 526. The molecule has 0 aliphatic carbocycles. The molecule has 0 aliphatic rings. The summed E-state index contributed by atoms with van der Waals surface area (Å²) in [4.78, 5) is 14.7. The number of aryl methyl sites for hydroxylation is 2. The molecule has 0 bridgehead atoms. The maximum Gasteiger partial charge on any atom is 0.206 e. The lowest BCUT2D eigenvalue weighted by Gasteiger charge is -1.93. The smallest absolute Gasteiger partial charge is 0.206 e. The summed E-state index contributed by atoms with van der Waals surface area (Å²) in [5.74, 6) is 0. The fourth-order valence-electron chi connectivity index (χ4n) is 1.41. The number of fused-ring (bicyclic) bond motifs is 1. The number of H-pyrrole nitrogens is 1. The highest BCUT2D eigenvalue weighted by atomic mass is 127. The number of nitrogens with zero attached hydrogens (tertiary/aromatic N) is 2. The van der Waals surface area contributed by atoms with E-state index in [0.717, 1.165) is 11.3 Å². The Morgan fingerprint density at radius 3 is 3.00 bits per heavy atom. The van der Waals surface area contributed by atoms with Crippen molar-refractivity contribution in [3.63, 3.8) is 0 Å². The molecule has 0 atom stereocenters. The van der Waals surface area contributed by atoms with Crippen molar-refractivity contribution in [2.75, 3.05) is 0 Å². The van der Waals surface area contributed by atoms with Gasteiger partial charge in [0.05, 0.1) is 14.7 Å². The molecule has 0 aromatic carbocycles. The maximum absolute atomic E-state index is 11.7. The first-order chi connectivity index (χ1) is 6.11. The lowest BCUT2D eigenvalue weighted by Crippen LogP contribution is -2.06. The third kappa shape index (κ3) is 1.18. The Hall–Kier alpha value is -0.850. The minimum atomic E-state index is 0.0555. The fraction of sp³-hybridized carbons (Fsp3) is 0.250. The maximum atomic E-state index is 11.7. The minimum Gasteiger partial charge on any atom is -0.345 e. The van der Waals surface area contributed by atoms with Gasteiger partial charge in [-0.3, -0.25) is 9.48 Å². The zero-order valence-electron chi connectivity index (χ0n) is 7.26. The van der Waals surface area contributed by atoms with Gasteiger partial charge in [-0.1, -0.05) is 0 Å². The Kier molecular flexibility index (Phi) is 1.90. The summed E-state index contributed by atoms with van der Waals surface area (Å²) in [6.45, 7) is 1.84. The first-order valence-corrected chi connectivity index (χ1v) is 4.89. The largest absolute Gasteiger partial charge is 0.345 e. The molecule has 68 valence electrons. The van der Waals surface area contributed by atoms with Gasteiger partial charge in [-0.2, -0.15) is 5.10 Å². The summed E-state index contributed by atoms with van der Waals surface area (Å²) >= 11 is 2.02. The van der Waals surface area contributed by atoms with Crippen molar-refractivity contribution in [2.45, 2.75) is 6.92 Å². The molecule has 13 heavy (non-hydrogen) atoms. The minimum absolute atomic E-state index is 0.0555. The average Bonchev–Trinajstić information content (AvgIpc) is 2.35. The van der Waals surface area contributed by atoms with Crippen molar-refractivity contribution in [1.29, 1.82) is 0 Å². The van der Waals surface area contributed by atoms with Gasteiger partial charge < -0.3 is 4.98 Å². The molecule has 2 rings (SSSR count). The van der Waals surface area contributed by atoms with E-state index in [0.29, 0.717) is 8.96 Å². The summed E-state index contributed by atoms with van der Waals surface area (Å²) in [6, 6.07) is 0. The molecule has 1 N–H and O–H groups in total. The van der Waals surface area contributed by atoms with Crippen LogP contribution in [0.25, 0.3) is 11.0 Å². The predicted molar refractivity (Wildman–Crippen MR) is 58.8 cm³/mol.